The lowest BCUT2D eigenvalue weighted by atomic mass is 10.1. The van der Waals surface area contributed by atoms with Crippen LogP contribution in [0, 0.1) is 10.6 Å². The summed E-state index contributed by atoms with van der Waals surface area (Å²) in [4.78, 5) is 8.71. The van der Waals surface area contributed by atoms with E-state index in [9.17, 15) is 0 Å². The van der Waals surface area contributed by atoms with Crippen molar-refractivity contribution < 1.29 is 0 Å². The van der Waals surface area contributed by atoms with Gasteiger partial charge in [-0.25, -0.2) is 4.98 Å². The molecule has 0 radical (unpaired) electrons. The Morgan fingerprint density at radius 3 is 2.88 bits per heavy atom. The third-order valence-electron chi connectivity index (χ3n) is 2.66. The number of aryl methyl sites for hydroxylation is 1. The molecule has 1 aromatic carbocycles. The minimum absolute atomic E-state index is 0.880. The molecule has 0 N–H and O–H groups in total. The van der Waals surface area contributed by atoms with Crippen LogP contribution < -0.4 is 0 Å². The van der Waals surface area contributed by atoms with Gasteiger partial charge in [0.2, 0.25) is 0 Å². The van der Waals surface area contributed by atoms with Gasteiger partial charge in [-0.1, -0.05) is 23.8 Å². The first kappa shape index (κ1) is 10.7. The SMILES string of the molecule is Cc1cccc(-c2cn3c(I)cnc3cn2)c1. The Kier molecular flexibility index (Phi) is 2.58. The Balaban J connectivity index is 2.20. The molecule has 84 valence electrons. The number of aromatic nitrogens is 3. The number of halogens is 1. The first-order chi connectivity index (χ1) is 8.24. The maximum absolute atomic E-state index is 4.44. The van der Waals surface area contributed by atoms with E-state index in [0.717, 1.165) is 20.6 Å². The highest BCUT2D eigenvalue weighted by molar-refractivity contribution is 14.1. The summed E-state index contributed by atoms with van der Waals surface area (Å²) in [5, 5.41) is 0. The molecule has 0 aliphatic heterocycles. The number of nitrogens with zero attached hydrogens (tertiary/aromatic N) is 3. The zero-order valence-electron chi connectivity index (χ0n) is 9.26. The fraction of sp³-hybridized carbons (Fsp3) is 0.0769. The normalized spacial score (nSPS) is 10.9. The van der Waals surface area contributed by atoms with Crippen LogP contribution in [0.2, 0.25) is 0 Å². The Hall–Kier alpha value is -1.43. The van der Waals surface area contributed by atoms with Gasteiger partial charge in [0.25, 0.3) is 0 Å². The number of imidazole rings is 1. The number of fused-ring (bicyclic) bond motifs is 1. The quantitative estimate of drug-likeness (QED) is 0.639. The van der Waals surface area contributed by atoms with E-state index in [-0.39, 0.29) is 0 Å². The topological polar surface area (TPSA) is 30.2 Å². The van der Waals surface area contributed by atoms with Gasteiger partial charge in [0.1, 0.15) is 3.70 Å². The lowest BCUT2D eigenvalue weighted by Crippen LogP contribution is -1.92. The van der Waals surface area contributed by atoms with E-state index in [1.807, 2.05) is 16.8 Å². The predicted octanol–water partition coefficient (Wildman–Crippen LogP) is 3.31. The molecule has 0 saturated carbocycles. The molecule has 0 amide bonds. The first-order valence-corrected chi connectivity index (χ1v) is 6.37. The van der Waals surface area contributed by atoms with Crippen molar-refractivity contribution in [2.75, 3.05) is 0 Å². The largest absolute Gasteiger partial charge is 0.291 e. The highest BCUT2D eigenvalue weighted by Gasteiger charge is 2.04. The second-order valence-corrected chi connectivity index (χ2v) is 5.06. The highest BCUT2D eigenvalue weighted by Crippen LogP contribution is 2.19. The van der Waals surface area contributed by atoms with Crippen LogP contribution >= 0.6 is 22.6 Å². The monoisotopic (exact) mass is 335 g/mol. The number of benzene rings is 1. The van der Waals surface area contributed by atoms with Gasteiger partial charge in [0.15, 0.2) is 5.65 Å². The van der Waals surface area contributed by atoms with E-state index in [0.29, 0.717) is 0 Å². The van der Waals surface area contributed by atoms with Crippen molar-refractivity contribution in [2.45, 2.75) is 6.92 Å². The maximum Gasteiger partial charge on any atom is 0.156 e. The third kappa shape index (κ3) is 1.93. The molecule has 4 heteroatoms. The van der Waals surface area contributed by atoms with Crippen LogP contribution in [0.25, 0.3) is 16.9 Å². The Labute approximate surface area is 113 Å². The smallest absolute Gasteiger partial charge is 0.156 e. The van der Waals surface area contributed by atoms with Gasteiger partial charge in [-0.2, -0.15) is 0 Å². The highest BCUT2D eigenvalue weighted by atomic mass is 127. The lowest BCUT2D eigenvalue weighted by Gasteiger charge is -2.03. The molecule has 0 bridgehead atoms. The van der Waals surface area contributed by atoms with Crippen molar-refractivity contribution in [2.24, 2.45) is 0 Å². The van der Waals surface area contributed by atoms with Crippen molar-refractivity contribution in [3.63, 3.8) is 0 Å². The summed E-state index contributed by atoms with van der Waals surface area (Å²) in [6.07, 6.45) is 5.68. The number of hydrogen-bond acceptors (Lipinski definition) is 2. The average molecular weight is 335 g/mol. The summed E-state index contributed by atoms with van der Waals surface area (Å²) in [5.74, 6) is 0. The Morgan fingerprint density at radius 2 is 2.06 bits per heavy atom. The maximum atomic E-state index is 4.44. The van der Waals surface area contributed by atoms with Crippen LogP contribution in [0.1, 0.15) is 5.56 Å². The summed E-state index contributed by atoms with van der Waals surface area (Å²) >= 11 is 2.27. The fourth-order valence-corrected chi connectivity index (χ4v) is 2.34. The van der Waals surface area contributed by atoms with Crippen molar-refractivity contribution in [1.82, 2.24) is 14.4 Å². The van der Waals surface area contributed by atoms with E-state index in [4.69, 9.17) is 0 Å². The number of hydrogen-bond donors (Lipinski definition) is 0. The van der Waals surface area contributed by atoms with Crippen molar-refractivity contribution in [3.05, 3.63) is 52.1 Å². The van der Waals surface area contributed by atoms with Gasteiger partial charge in [0, 0.05) is 11.8 Å². The van der Waals surface area contributed by atoms with Crippen molar-refractivity contribution >= 4 is 28.2 Å². The summed E-state index contributed by atoms with van der Waals surface area (Å²) in [7, 11) is 0. The molecular weight excluding hydrogens is 325 g/mol. The minimum Gasteiger partial charge on any atom is -0.291 e. The molecule has 2 aromatic heterocycles. The first-order valence-electron chi connectivity index (χ1n) is 5.30. The molecule has 0 atom stereocenters. The zero-order valence-corrected chi connectivity index (χ0v) is 11.4. The molecule has 0 aliphatic rings. The molecule has 0 spiro atoms. The lowest BCUT2D eigenvalue weighted by molar-refractivity contribution is 1.11. The van der Waals surface area contributed by atoms with Gasteiger partial charge in [-0.05, 0) is 35.6 Å². The molecule has 2 heterocycles. The van der Waals surface area contributed by atoms with Crippen LogP contribution in [0.3, 0.4) is 0 Å². The van der Waals surface area contributed by atoms with Crippen LogP contribution in [-0.4, -0.2) is 14.4 Å². The zero-order chi connectivity index (χ0) is 11.8. The van der Waals surface area contributed by atoms with Crippen LogP contribution in [-0.2, 0) is 0 Å². The Morgan fingerprint density at radius 1 is 1.18 bits per heavy atom. The fourth-order valence-electron chi connectivity index (χ4n) is 1.81. The molecule has 3 nitrogen and oxygen atoms in total. The molecular formula is C13H10IN3. The van der Waals surface area contributed by atoms with Gasteiger partial charge >= 0.3 is 0 Å². The Bertz CT molecular complexity index is 688. The van der Waals surface area contributed by atoms with Gasteiger partial charge in [0.05, 0.1) is 18.1 Å². The second kappa shape index (κ2) is 4.10. The van der Waals surface area contributed by atoms with E-state index in [1.54, 1.807) is 6.20 Å². The molecule has 0 fully saturated rings. The molecule has 3 rings (SSSR count). The molecule has 0 saturated heterocycles. The summed E-state index contributed by atoms with van der Waals surface area (Å²) in [6.45, 7) is 2.09. The molecule has 3 aromatic rings. The van der Waals surface area contributed by atoms with Gasteiger partial charge in [-0.15, -0.1) is 0 Å². The van der Waals surface area contributed by atoms with Crippen molar-refractivity contribution in [1.29, 1.82) is 0 Å². The second-order valence-electron chi connectivity index (χ2n) is 3.95. The molecule has 0 unspecified atom stereocenters. The van der Waals surface area contributed by atoms with E-state index >= 15 is 0 Å². The standard InChI is InChI=1S/C13H10IN3/c1-9-3-2-4-10(5-9)11-8-17-12(14)6-16-13(17)7-15-11/h2-8H,1H3. The summed E-state index contributed by atoms with van der Waals surface area (Å²) < 4.78 is 3.14. The van der Waals surface area contributed by atoms with Crippen molar-refractivity contribution in [3.8, 4) is 11.3 Å². The van der Waals surface area contributed by atoms with E-state index < -0.39 is 0 Å². The molecule has 17 heavy (non-hydrogen) atoms. The van der Waals surface area contributed by atoms with E-state index in [1.165, 1.54) is 5.56 Å². The summed E-state index contributed by atoms with van der Waals surface area (Å²) in [6, 6.07) is 8.35. The van der Waals surface area contributed by atoms with Gasteiger partial charge < -0.3 is 0 Å². The van der Waals surface area contributed by atoms with E-state index in [2.05, 4.69) is 63.7 Å². The average Bonchev–Trinajstić information content (AvgIpc) is 2.71. The minimum atomic E-state index is 0.880. The summed E-state index contributed by atoms with van der Waals surface area (Å²) in [5.41, 5.74) is 4.23. The van der Waals surface area contributed by atoms with Crippen LogP contribution in [0.15, 0.2) is 42.9 Å². The van der Waals surface area contributed by atoms with Crippen LogP contribution in [0.4, 0.5) is 0 Å². The predicted molar refractivity (Wildman–Crippen MR) is 75.9 cm³/mol. The third-order valence-corrected chi connectivity index (χ3v) is 3.46. The molecule has 0 aliphatic carbocycles. The van der Waals surface area contributed by atoms with Crippen LogP contribution in [0.5, 0.6) is 0 Å². The van der Waals surface area contributed by atoms with Gasteiger partial charge in [-0.3, -0.25) is 9.38 Å². The number of rotatable bonds is 1.